The SMILES string of the molecule is [Br][Mg][Br].[CH2]CC(=C)C. The molecule has 45 valence electrons. The molecule has 1 radical (unpaired) electrons. The summed E-state index contributed by atoms with van der Waals surface area (Å²) < 4.78 is 0. The number of hydrogen-bond donors (Lipinski definition) is 0. The maximum absolute atomic E-state index is 3.61. The Balaban J connectivity index is 0. The highest BCUT2D eigenvalue weighted by Crippen LogP contribution is 1.88. The normalized spacial score (nSPS) is 6.00. The van der Waals surface area contributed by atoms with Gasteiger partial charge < -0.3 is 0 Å². The number of rotatable bonds is 1. The lowest BCUT2D eigenvalue weighted by molar-refractivity contribution is 1.23. The van der Waals surface area contributed by atoms with Gasteiger partial charge in [-0.05, 0) is 20.3 Å². The monoisotopic (exact) mass is 251 g/mol. The Morgan fingerprint density at radius 3 is 1.75 bits per heavy atom. The Hall–Kier alpha value is 1.47. The molecule has 0 amide bonds. The van der Waals surface area contributed by atoms with Gasteiger partial charge in [-0.15, -0.1) is 6.58 Å². The van der Waals surface area contributed by atoms with E-state index in [-0.39, 0.29) is 16.0 Å². The zero-order chi connectivity index (χ0) is 6.99. The highest BCUT2D eigenvalue weighted by molar-refractivity contribution is 9.47. The van der Waals surface area contributed by atoms with E-state index in [1.165, 1.54) is 0 Å². The fraction of sp³-hybridized carbons (Fsp3) is 0.400. The topological polar surface area (TPSA) is 0 Å². The first-order valence-electron chi connectivity index (χ1n) is 2.24. The Morgan fingerprint density at radius 2 is 1.75 bits per heavy atom. The Morgan fingerprint density at radius 1 is 1.62 bits per heavy atom. The smallest absolute Gasteiger partial charge is 0.280 e. The second kappa shape index (κ2) is 11.3. The van der Waals surface area contributed by atoms with Gasteiger partial charge in [0, 0.05) is 0 Å². The maximum atomic E-state index is 3.61. The zero-order valence-corrected chi connectivity index (χ0v) is 9.67. The Bertz CT molecular complexity index is 54.4. The van der Waals surface area contributed by atoms with Crippen molar-refractivity contribution in [3.05, 3.63) is 19.1 Å². The minimum absolute atomic E-state index is 0.0417. The van der Waals surface area contributed by atoms with Crippen LogP contribution in [0.3, 0.4) is 0 Å². The molecule has 0 unspecified atom stereocenters. The van der Waals surface area contributed by atoms with Crippen LogP contribution < -0.4 is 0 Å². The molecule has 0 N–H and O–H groups in total. The van der Waals surface area contributed by atoms with Crippen molar-refractivity contribution in [1.29, 1.82) is 0 Å². The van der Waals surface area contributed by atoms with Crippen LogP contribution in [0.4, 0.5) is 0 Å². The zero-order valence-electron chi connectivity index (χ0n) is 5.08. The van der Waals surface area contributed by atoms with Crippen LogP contribution in [0.2, 0.25) is 0 Å². The van der Waals surface area contributed by atoms with Crippen molar-refractivity contribution in [3.63, 3.8) is 0 Å². The lowest BCUT2D eigenvalue weighted by Crippen LogP contribution is -1.59. The van der Waals surface area contributed by atoms with E-state index >= 15 is 0 Å². The van der Waals surface area contributed by atoms with Gasteiger partial charge in [-0.2, -0.15) is 0 Å². The van der Waals surface area contributed by atoms with Crippen molar-refractivity contribution >= 4 is 41.8 Å². The third-order valence-corrected chi connectivity index (χ3v) is 0.427. The lowest BCUT2D eigenvalue weighted by atomic mass is 10.3. The summed E-state index contributed by atoms with van der Waals surface area (Å²) in [5, 5.41) is 0. The molecule has 0 fully saturated rings. The van der Waals surface area contributed by atoms with Crippen molar-refractivity contribution < 1.29 is 0 Å². The first-order valence-corrected chi connectivity index (χ1v) is 10.0. The summed E-state index contributed by atoms with van der Waals surface area (Å²) in [7, 11) is 0. The fourth-order valence-corrected chi connectivity index (χ4v) is 0. The van der Waals surface area contributed by atoms with Crippen LogP contribution in [-0.2, 0) is 0 Å². The Kier molecular flexibility index (Phi) is 17.2. The molecule has 0 aromatic carbocycles. The largest absolute Gasteiger partial charge is 0.560 e. The van der Waals surface area contributed by atoms with Crippen LogP contribution >= 0.6 is 25.8 Å². The average molecular weight is 253 g/mol. The molecular weight excluding hydrogens is 244 g/mol. The van der Waals surface area contributed by atoms with Crippen molar-refractivity contribution in [2.45, 2.75) is 13.3 Å². The first kappa shape index (κ1) is 12.2. The molecule has 0 saturated carbocycles. The van der Waals surface area contributed by atoms with Crippen LogP contribution in [-0.4, -0.2) is 16.0 Å². The molecule has 0 aliphatic rings. The highest BCUT2D eigenvalue weighted by atomic mass is 79.9. The summed E-state index contributed by atoms with van der Waals surface area (Å²) in [6.45, 7) is 9.16. The summed E-state index contributed by atoms with van der Waals surface area (Å²) >= 11 is 6.44. The standard InChI is InChI=1S/C5H9.2BrH.Mg/c1-4-5(2)3;;;/h1-2,4H2,3H3;2*1H;/q;;;+2/p-2. The summed E-state index contributed by atoms with van der Waals surface area (Å²) in [6, 6.07) is 0. The summed E-state index contributed by atoms with van der Waals surface area (Å²) in [4.78, 5) is 0. The predicted molar refractivity (Wildman–Crippen MR) is 48.4 cm³/mol. The number of hydrogen-bond acceptors (Lipinski definition) is 0. The second-order valence-electron chi connectivity index (χ2n) is 1.31. The molecule has 0 bridgehead atoms. The van der Waals surface area contributed by atoms with E-state index in [4.69, 9.17) is 0 Å². The molecule has 0 aromatic rings. The van der Waals surface area contributed by atoms with E-state index < -0.39 is 0 Å². The molecule has 0 rings (SSSR count). The Labute approximate surface area is 73.6 Å². The van der Waals surface area contributed by atoms with Crippen LogP contribution in [0, 0.1) is 6.92 Å². The molecule has 0 aliphatic carbocycles. The minimum Gasteiger partial charge on any atom is -0.280 e. The van der Waals surface area contributed by atoms with Gasteiger partial charge in [-0.3, -0.25) is 25.8 Å². The molecule has 0 aliphatic heterocycles. The molecule has 0 aromatic heterocycles. The van der Waals surface area contributed by atoms with Gasteiger partial charge in [0.05, 0.1) is 0 Å². The molecular formula is C5H9Br2Mg. The van der Waals surface area contributed by atoms with Crippen molar-refractivity contribution in [2.24, 2.45) is 0 Å². The van der Waals surface area contributed by atoms with Gasteiger partial charge in [0.15, 0.2) is 0 Å². The van der Waals surface area contributed by atoms with Crippen molar-refractivity contribution in [3.8, 4) is 0 Å². The predicted octanol–water partition coefficient (Wildman–Crippen LogP) is 3.10. The molecule has 0 nitrogen and oxygen atoms in total. The van der Waals surface area contributed by atoms with Crippen molar-refractivity contribution in [1.82, 2.24) is 0 Å². The molecule has 0 heterocycles. The summed E-state index contributed by atoms with van der Waals surface area (Å²) in [5.74, 6) is 0. The van der Waals surface area contributed by atoms with E-state index in [0.717, 1.165) is 12.0 Å². The van der Waals surface area contributed by atoms with E-state index in [1.807, 2.05) is 6.92 Å². The molecule has 8 heavy (non-hydrogen) atoms. The van der Waals surface area contributed by atoms with Crippen LogP contribution in [0.5, 0.6) is 0 Å². The summed E-state index contributed by atoms with van der Waals surface area (Å²) in [5.41, 5.74) is 1.14. The molecule has 0 saturated heterocycles. The fourth-order valence-electron chi connectivity index (χ4n) is 0. The van der Waals surface area contributed by atoms with E-state index in [9.17, 15) is 0 Å². The molecule has 0 atom stereocenters. The highest BCUT2D eigenvalue weighted by Gasteiger charge is 1.67. The quantitative estimate of drug-likeness (QED) is 0.497. The van der Waals surface area contributed by atoms with Gasteiger partial charge in [-0.25, -0.2) is 0 Å². The maximum Gasteiger partial charge on any atom is 0.560 e. The van der Waals surface area contributed by atoms with Gasteiger partial charge in [-0.1, -0.05) is 5.57 Å². The van der Waals surface area contributed by atoms with Crippen LogP contribution in [0.1, 0.15) is 13.3 Å². The van der Waals surface area contributed by atoms with E-state index in [1.54, 1.807) is 0 Å². The molecule has 3 heteroatoms. The average Bonchev–Trinajstić information content (AvgIpc) is 1.69. The minimum atomic E-state index is 0.0417. The third-order valence-electron chi connectivity index (χ3n) is 0.427. The van der Waals surface area contributed by atoms with Crippen LogP contribution in [0.15, 0.2) is 12.2 Å². The summed E-state index contributed by atoms with van der Waals surface area (Å²) in [6.07, 6.45) is 0.861. The van der Waals surface area contributed by atoms with E-state index in [0.29, 0.717) is 0 Å². The van der Waals surface area contributed by atoms with Gasteiger partial charge >= 0.3 is 16.0 Å². The van der Waals surface area contributed by atoms with E-state index in [2.05, 4.69) is 39.3 Å². The van der Waals surface area contributed by atoms with Crippen molar-refractivity contribution in [2.75, 3.05) is 0 Å². The first-order chi connectivity index (χ1) is 3.68. The van der Waals surface area contributed by atoms with Gasteiger partial charge in [0.25, 0.3) is 0 Å². The lowest BCUT2D eigenvalue weighted by Gasteiger charge is -1.79. The third kappa shape index (κ3) is 26.0. The van der Waals surface area contributed by atoms with Gasteiger partial charge in [0.2, 0.25) is 0 Å². The molecule has 0 spiro atoms. The second-order valence-corrected chi connectivity index (χ2v) is 9.39. The van der Waals surface area contributed by atoms with Gasteiger partial charge in [0.1, 0.15) is 0 Å². The number of halogens is 2. The van der Waals surface area contributed by atoms with Crippen LogP contribution in [0.25, 0.3) is 0 Å². The number of allylic oxidation sites excluding steroid dienone is 1.